The molecule has 3 heterocycles. The number of anilines is 1. The van der Waals surface area contributed by atoms with E-state index < -0.39 is 15.8 Å². The van der Waals surface area contributed by atoms with Gasteiger partial charge < -0.3 is 19.6 Å². The predicted molar refractivity (Wildman–Crippen MR) is 155 cm³/mol. The van der Waals surface area contributed by atoms with E-state index in [1.807, 2.05) is 26.0 Å². The molecular weight excluding hydrogens is 536 g/mol. The standard InChI is InChI=1S/C25H26N2O6S2.C4H6/c1-4-5-6-14(2)35(31,32)24-15(3)26-20(16(24)7-10-22(28)29)13-18-23-17-11-12-33-34-21(17)9-8-19(23)27-25(18)30;1-3-4-2/h4-6,8-9,13,26H,7,10-12H2,1-3H3,(H,27,30)(H,28,29);1-2H3/b5-4-,14-6+,18-13-;. The lowest BCUT2D eigenvalue weighted by Gasteiger charge is -2.18. The van der Waals surface area contributed by atoms with E-state index in [4.69, 9.17) is 4.18 Å². The fourth-order valence-corrected chi connectivity index (χ4v) is 6.63. The number of allylic oxidation sites excluding steroid dienone is 4. The van der Waals surface area contributed by atoms with Gasteiger partial charge in [0.1, 0.15) is 0 Å². The minimum absolute atomic E-state index is 0.00465. The van der Waals surface area contributed by atoms with Crippen LogP contribution in [0.15, 0.2) is 45.1 Å². The molecule has 2 aliphatic rings. The molecule has 1 aromatic heterocycles. The summed E-state index contributed by atoms with van der Waals surface area (Å²) in [7, 11) is -3.89. The van der Waals surface area contributed by atoms with E-state index >= 15 is 0 Å². The van der Waals surface area contributed by atoms with Crippen molar-refractivity contribution in [1.29, 1.82) is 0 Å². The zero-order chi connectivity index (χ0) is 28.7. The lowest BCUT2D eigenvalue weighted by Crippen LogP contribution is -2.08. The second-order valence-electron chi connectivity index (χ2n) is 8.80. The maximum Gasteiger partial charge on any atom is 0.303 e. The van der Waals surface area contributed by atoms with Crippen LogP contribution in [0.3, 0.4) is 0 Å². The number of aliphatic carboxylic acids is 1. The first kappa shape index (κ1) is 30.0. The molecule has 0 saturated heterocycles. The molecule has 2 aromatic rings. The number of aromatic amines is 1. The monoisotopic (exact) mass is 568 g/mol. The van der Waals surface area contributed by atoms with Crippen LogP contribution in [0.4, 0.5) is 5.69 Å². The summed E-state index contributed by atoms with van der Waals surface area (Å²) < 4.78 is 32.4. The molecule has 0 fully saturated rings. The van der Waals surface area contributed by atoms with Crippen LogP contribution in [0.2, 0.25) is 0 Å². The summed E-state index contributed by atoms with van der Waals surface area (Å²) in [5.74, 6) is 4.02. The van der Waals surface area contributed by atoms with Gasteiger partial charge in [-0.2, -0.15) is 0 Å². The first-order valence-electron chi connectivity index (χ1n) is 12.4. The molecular formula is C29H32N2O6S2. The van der Waals surface area contributed by atoms with E-state index in [-0.39, 0.29) is 28.5 Å². The summed E-state index contributed by atoms with van der Waals surface area (Å²) >= 11 is 1.27. The number of carboxylic acids is 1. The predicted octanol–water partition coefficient (Wildman–Crippen LogP) is 5.70. The average molecular weight is 569 g/mol. The largest absolute Gasteiger partial charge is 0.481 e. The van der Waals surface area contributed by atoms with E-state index in [2.05, 4.69) is 22.1 Å². The van der Waals surface area contributed by atoms with Crippen molar-refractivity contribution in [2.24, 2.45) is 0 Å². The zero-order valence-corrected chi connectivity index (χ0v) is 24.2. The van der Waals surface area contributed by atoms with Crippen LogP contribution in [0, 0.1) is 18.8 Å². The van der Waals surface area contributed by atoms with Crippen molar-refractivity contribution < 1.29 is 27.3 Å². The number of carboxylic acid groups (broad SMARTS) is 1. The summed E-state index contributed by atoms with van der Waals surface area (Å²) in [6.07, 6.45) is 6.89. The normalized spacial score (nSPS) is 15.7. The lowest BCUT2D eigenvalue weighted by atomic mass is 9.96. The third-order valence-corrected chi connectivity index (χ3v) is 9.14. The van der Waals surface area contributed by atoms with Crippen molar-refractivity contribution >= 4 is 51.1 Å². The van der Waals surface area contributed by atoms with Crippen molar-refractivity contribution in [3.63, 3.8) is 0 Å². The molecule has 0 saturated carbocycles. The third-order valence-electron chi connectivity index (χ3n) is 6.22. The number of benzene rings is 1. The van der Waals surface area contributed by atoms with E-state index in [1.54, 1.807) is 32.1 Å². The van der Waals surface area contributed by atoms with Gasteiger partial charge in [0.05, 0.1) is 17.1 Å². The van der Waals surface area contributed by atoms with Gasteiger partial charge in [-0.1, -0.05) is 12.2 Å². The number of carbonyl (C=O) groups excluding carboxylic acids is 1. The molecule has 0 atom stereocenters. The molecule has 39 heavy (non-hydrogen) atoms. The Morgan fingerprint density at radius 3 is 2.62 bits per heavy atom. The molecule has 8 nitrogen and oxygen atoms in total. The molecule has 4 rings (SSSR count). The number of carbonyl (C=O) groups is 2. The van der Waals surface area contributed by atoms with Gasteiger partial charge in [-0.3, -0.25) is 9.59 Å². The number of aromatic nitrogens is 1. The first-order valence-corrected chi connectivity index (χ1v) is 14.6. The van der Waals surface area contributed by atoms with Crippen LogP contribution in [0.5, 0.6) is 0 Å². The molecule has 0 spiro atoms. The Kier molecular flexibility index (Phi) is 10.0. The van der Waals surface area contributed by atoms with E-state index in [9.17, 15) is 23.1 Å². The summed E-state index contributed by atoms with van der Waals surface area (Å²) in [6, 6.07) is 3.73. The Balaban J connectivity index is 0.000000983. The number of fused-ring (bicyclic) bond motifs is 3. The molecule has 2 aliphatic heterocycles. The van der Waals surface area contributed by atoms with Crippen molar-refractivity contribution in [3.8, 4) is 11.8 Å². The van der Waals surface area contributed by atoms with Crippen LogP contribution in [-0.4, -0.2) is 37.0 Å². The number of hydrogen-bond donors (Lipinski definition) is 3. The topological polar surface area (TPSA) is 126 Å². The Morgan fingerprint density at radius 1 is 1.26 bits per heavy atom. The van der Waals surface area contributed by atoms with E-state index in [1.165, 1.54) is 25.0 Å². The van der Waals surface area contributed by atoms with Gasteiger partial charge in [0.25, 0.3) is 5.91 Å². The number of rotatable bonds is 7. The highest BCUT2D eigenvalue weighted by atomic mass is 32.2. The maximum absolute atomic E-state index is 13.4. The first-order chi connectivity index (χ1) is 18.6. The number of nitrogens with one attached hydrogen (secondary N) is 2. The quantitative estimate of drug-likeness (QED) is 0.169. The van der Waals surface area contributed by atoms with Gasteiger partial charge in [0, 0.05) is 50.9 Å². The third kappa shape index (κ3) is 6.56. The van der Waals surface area contributed by atoms with Crippen molar-refractivity contribution in [2.75, 3.05) is 11.9 Å². The Hall–Kier alpha value is -3.52. The minimum atomic E-state index is -3.89. The molecule has 0 bridgehead atoms. The van der Waals surface area contributed by atoms with E-state index in [0.29, 0.717) is 41.2 Å². The molecule has 1 aromatic carbocycles. The smallest absolute Gasteiger partial charge is 0.303 e. The van der Waals surface area contributed by atoms with Gasteiger partial charge in [-0.25, -0.2) is 8.42 Å². The molecule has 10 heteroatoms. The highest BCUT2D eigenvalue weighted by Gasteiger charge is 2.32. The SMILES string of the molecule is C/C=C\C=C(/C)S(=O)(=O)c1c(C)[nH]c(/C=C2\C(=O)Nc3ccc4c(c32)CCOS4)c1CCC(=O)O.CC#CC. The highest BCUT2D eigenvalue weighted by Crippen LogP contribution is 2.43. The Morgan fingerprint density at radius 2 is 1.97 bits per heavy atom. The van der Waals surface area contributed by atoms with Gasteiger partial charge in [-0.05, 0) is 82.9 Å². The molecule has 3 N–H and O–H groups in total. The Labute approximate surface area is 233 Å². The van der Waals surface area contributed by atoms with Crippen LogP contribution >= 0.6 is 12.0 Å². The number of aryl methyl sites for hydroxylation is 1. The molecule has 0 unspecified atom stereocenters. The second kappa shape index (κ2) is 13.0. The average Bonchev–Trinajstić information content (AvgIpc) is 3.41. The summed E-state index contributed by atoms with van der Waals surface area (Å²) in [5, 5.41) is 12.2. The number of amides is 1. The molecule has 206 valence electrons. The van der Waals surface area contributed by atoms with Crippen molar-refractivity contribution in [1.82, 2.24) is 4.98 Å². The Bertz CT molecular complexity index is 1540. The molecule has 0 aliphatic carbocycles. The molecule has 0 radical (unpaired) electrons. The van der Waals surface area contributed by atoms with Crippen molar-refractivity contribution in [3.05, 3.63) is 63.3 Å². The lowest BCUT2D eigenvalue weighted by molar-refractivity contribution is -0.137. The van der Waals surface area contributed by atoms with Crippen LogP contribution in [0.1, 0.15) is 62.2 Å². The van der Waals surface area contributed by atoms with Gasteiger partial charge >= 0.3 is 5.97 Å². The van der Waals surface area contributed by atoms with Crippen molar-refractivity contribution in [2.45, 2.75) is 63.7 Å². The molecule has 1 amide bonds. The van der Waals surface area contributed by atoms with E-state index in [0.717, 1.165) is 16.0 Å². The minimum Gasteiger partial charge on any atom is -0.481 e. The van der Waals surface area contributed by atoms with Gasteiger partial charge in [-0.15, -0.1) is 11.8 Å². The number of hydrogen-bond acceptors (Lipinski definition) is 6. The van der Waals surface area contributed by atoms with Gasteiger partial charge in [0.15, 0.2) is 0 Å². The fourth-order valence-electron chi connectivity index (χ4n) is 4.33. The second-order valence-corrected chi connectivity index (χ2v) is 11.7. The van der Waals surface area contributed by atoms with Crippen LogP contribution < -0.4 is 5.32 Å². The summed E-state index contributed by atoms with van der Waals surface area (Å²) in [4.78, 5) is 28.6. The van der Waals surface area contributed by atoms with Crippen LogP contribution in [-0.2, 0) is 36.5 Å². The fraction of sp³-hybridized carbons (Fsp3) is 0.310. The van der Waals surface area contributed by atoms with Crippen LogP contribution in [0.25, 0.3) is 11.6 Å². The number of sulfone groups is 1. The van der Waals surface area contributed by atoms with Gasteiger partial charge in [0.2, 0.25) is 9.84 Å². The summed E-state index contributed by atoms with van der Waals surface area (Å²) in [6.45, 7) is 9.09. The highest BCUT2D eigenvalue weighted by molar-refractivity contribution is 7.95. The maximum atomic E-state index is 13.4. The summed E-state index contributed by atoms with van der Waals surface area (Å²) in [5.41, 5.74) is 4.03. The number of H-pyrrole nitrogens is 1. The zero-order valence-electron chi connectivity index (χ0n) is 22.6.